The van der Waals surface area contributed by atoms with Crippen LogP contribution in [-0.4, -0.2) is 31.4 Å². The fourth-order valence-corrected chi connectivity index (χ4v) is 1.52. The van der Waals surface area contributed by atoms with Crippen molar-refractivity contribution in [3.8, 4) is 0 Å². The molecule has 1 heterocycles. The first-order chi connectivity index (χ1) is 6.68. The van der Waals surface area contributed by atoms with Gasteiger partial charge in [0.15, 0.2) is 0 Å². The predicted molar refractivity (Wildman–Crippen MR) is 51.9 cm³/mol. The number of carbonyl (C=O) groups excluding carboxylic acids is 2. The fraction of sp³-hybridized carbons (Fsp3) is 0.800. The molecule has 1 N–H and O–H groups in total. The summed E-state index contributed by atoms with van der Waals surface area (Å²) in [6.45, 7) is 3.60. The zero-order valence-electron chi connectivity index (χ0n) is 8.54. The molecule has 0 radical (unpaired) electrons. The van der Waals surface area contributed by atoms with E-state index in [-0.39, 0.29) is 18.1 Å². The van der Waals surface area contributed by atoms with Crippen LogP contribution in [0.15, 0.2) is 0 Å². The molecule has 1 saturated heterocycles. The summed E-state index contributed by atoms with van der Waals surface area (Å²) in [5.74, 6) is 0.144. The minimum absolute atomic E-state index is 0.00637. The van der Waals surface area contributed by atoms with Gasteiger partial charge in [-0.05, 0) is 25.7 Å². The number of amides is 1. The number of carbonyl (C=O) groups is 2. The van der Waals surface area contributed by atoms with Gasteiger partial charge in [-0.2, -0.15) is 0 Å². The first-order valence-electron chi connectivity index (χ1n) is 5.02. The summed E-state index contributed by atoms with van der Waals surface area (Å²) >= 11 is 0. The van der Waals surface area contributed by atoms with Gasteiger partial charge in [0.2, 0.25) is 5.91 Å². The maximum absolute atomic E-state index is 11.1. The summed E-state index contributed by atoms with van der Waals surface area (Å²) in [5.41, 5.74) is 0. The largest absolute Gasteiger partial charge is 0.381 e. The summed E-state index contributed by atoms with van der Waals surface area (Å²) in [4.78, 5) is 21.7. The minimum Gasteiger partial charge on any atom is -0.381 e. The van der Waals surface area contributed by atoms with Gasteiger partial charge in [-0.25, -0.2) is 0 Å². The first-order valence-corrected chi connectivity index (χ1v) is 5.02. The highest BCUT2D eigenvalue weighted by Crippen LogP contribution is 2.11. The number of hydrogen-bond donors (Lipinski definition) is 1. The van der Waals surface area contributed by atoms with Crippen LogP contribution in [0.2, 0.25) is 0 Å². The van der Waals surface area contributed by atoms with Crippen LogP contribution < -0.4 is 5.32 Å². The molecule has 0 bridgehead atoms. The van der Waals surface area contributed by atoms with E-state index in [1.54, 1.807) is 0 Å². The molecule has 1 fully saturated rings. The van der Waals surface area contributed by atoms with Crippen molar-refractivity contribution in [2.24, 2.45) is 5.92 Å². The first kappa shape index (κ1) is 11.2. The lowest BCUT2D eigenvalue weighted by atomic mass is 10.0. The molecule has 14 heavy (non-hydrogen) atoms. The predicted octanol–water partition coefficient (Wildman–Crippen LogP) is 0.508. The van der Waals surface area contributed by atoms with Crippen LogP contribution in [0.5, 0.6) is 0 Å². The average molecular weight is 199 g/mol. The Hall–Kier alpha value is -0.900. The molecule has 0 aromatic carbocycles. The second-order valence-electron chi connectivity index (χ2n) is 3.77. The van der Waals surface area contributed by atoms with Crippen LogP contribution in [0.4, 0.5) is 0 Å². The van der Waals surface area contributed by atoms with E-state index >= 15 is 0 Å². The van der Waals surface area contributed by atoms with E-state index < -0.39 is 0 Å². The van der Waals surface area contributed by atoms with Gasteiger partial charge in [-0.1, -0.05) is 0 Å². The van der Waals surface area contributed by atoms with Gasteiger partial charge in [-0.15, -0.1) is 0 Å². The highest BCUT2D eigenvalue weighted by atomic mass is 16.5. The molecule has 4 heteroatoms. The SMILES string of the molecule is CC(=O)CC(=O)NCC1CCCOC1. The Morgan fingerprint density at radius 1 is 1.50 bits per heavy atom. The molecule has 1 rings (SSSR count). The molecular weight excluding hydrogens is 182 g/mol. The van der Waals surface area contributed by atoms with E-state index in [4.69, 9.17) is 4.74 Å². The topological polar surface area (TPSA) is 55.4 Å². The number of rotatable bonds is 4. The number of Topliss-reactive ketones (excluding diaryl/α,β-unsaturated/α-hetero) is 1. The summed E-state index contributed by atoms with van der Waals surface area (Å²) in [6, 6.07) is 0. The van der Waals surface area contributed by atoms with Gasteiger partial charge in [0, 0.05) is 13.2 Å². The summed E-state index contributed by atoms with van der Waals surface area (Å²) in [7, 11) is 0. The van der Waals surface area contributed by atoms with Crippen molar-refractivity contribution >= 4 is 11.7 Å². The van der Waals surface area contributed by atoms with Gasteiger partial charge in [0.25, 0.3) is 0 Å². The highest BCUT2D eigenvalue weighted by Gasteiger charge is 2.14. The van der Waals surface area contributed by atoms with E-state index in [0.717, 1.165) is 26.1 Å². The third-order valence-corrected chi connectivity index (χ3v) is 2.25. The Balaban J connectivity index is 2.12. The van der Waals surface area contributed by atoms with Crippen molar-refractivity contribution in [2.45, 2.75) is 26.2 Å². The molecule has 1 aliphatic heterocycles. The zero-order valence-corrected chi connectivity index (χ0v) is 8.54. The van der Waals surface area contributed by atoms with Crippen LogP contribution in [0.25, 0.3) is 0 Å². The molecule has 0 aromatic rings. The lowest BCUT2D eigenvalue weighted by Gasteiger charge is -2.22. The summed E-state index contributed by atoms with van der Waals surface area (Å²) in [5, 5.41) is 2.74. The maximum Gasteiger partial charge on any atom is 0.227 e. The molecular formula is C10H17NO3. The lowest BCUT2D eigenvalue weighted by molar-refractivity contribution is -0.127. The average Bonchev–Trinajstić information content (AvgIpc) is 2.15. The van der Waals surface area contributed by atoms with E-state index in [2.05, 4.69) is 5.32 Å². The molecule has 80 valence electrons. The number of hydrogen-bond acceptors (Lipinski definition) is 3. The fourth-order valence-electron chi connectivity index (χ4n) is 1.52. The Labute approximate surface area is 84.0 Å². The quantitative estimate of drug-likeness (QED) is 0.671. The Morgan fingerprint density at radius 3 is 2.86 bits per heavy atom. The molecule has 0 spiro atoms. The third kappa shape index (κ3) is 4.37. The standard InChI is InChI=1S/C10H17NO3/c1-8(12)5-10(13)11-6-9-3-2-4-14-7-9/h9H,2-7H2,1H3,(H,11,13). The summed E-state index contributed by atoms with van der Waals surface area (Å²) < 4.78 is 5.28. The third-order valence-electron chi connectivity index (χ3n) is 2.25. The highest BCUT2D eigenvalue weighted by molar-refractivity contribution is 5.96. The second kappa shape index (κ2) is 5.75. The van der Waals surface area contributed by atoms with Crippen LogP contribution in [0, 0.1) is 5.92 Å². The molecule has 4 nitrogen and oxygen atoms in total. The van der Waals surface area contributed by atoms with Gasteiger partial charge in [-0.3, -0.25) is 9.59 Å². The van der Waals surface area contributed by atoms with Crippen LogP contribution in [-0.2, 0) is 14.3 Å². The molecule has 1 atom stereocenters. The Bertz CT molecular complexity index is 209. The molecule has 1 aliphatic rings. The monoisotopic (exact) mass is 199 g/mol. The number of ketones is 1. The van der Waals surface area contributed by atoms with E-state index in [0.29, 0.717) is 12.5 Å². The summed E-state index contributed by atoms with van der Waals surface area (Å²) in [6.07, 6.45) is 2.15. The van der Waals surface area contributed by atoms with Crippen molar-refractivity contribution < 1.29 is 14.3 Å². The van der Waals surface area contributed by atoms with Crippen molar-refractivity contribution in [1.82, 2.24) is 5.32 Å². The van der Waals surface area contributed by atoms with Crippen molar-refractivity contribution in [2.75, 3.05) is 19.8 Å². The molecule has 0 aromatic heterocycles. The smallest absolute Gasteiger partial charge is 0.227 e. The number of ether oxygens (including phenoxy) is 1. The normalized spacial score (nSPS) is 21.6. The van der Waals surface area contributed by atoms with Gasteiger partial charge < -0.3 is 10.1 Å². The minimum atomic E-state index is -0.178. The van der Waals surface area contributed by atoms with Crippen LogP contribution >= 0.6 is 0 Å². The van der Waals surface area contributed by atoms with E-state index in [9.17, 15) is 9.59 Å². The Morgan fingerprint density at radius 2 is 2.29 bits per heavy atom. The lowest BCUT2D eigenvalue weighted by Crippen LogP contribution is -2.33. The van der Waals surface area contributed by atoms with Crippen LogP contribution in [0.1, 0.15) is 26.2 Å². The van der Waals surface area contributed by atoms with Crippen molar-refractivity contribution in [3.63, 3.8) is 0 Å². The molecule has 0 saturated carbocycles. The van der Waals surface area contributed by atoms with Crippen LogP contribution in [0.3, 0.4) is 0 Å². The number of nitrogens with one attached hydrogen (secondary N) is 1. The van der Waals surface area contributed by atoms with Gasteiger partial charge >= 0.3 is 0 Å². The molecule has 1 unspecified atom stereocenters. The molecule has 0 aliphatic carbocycles. The van der Waals surface area contributed by atoms with E-state index in [1.807, 2.05) is 0 Å². The molecule has 1 amide bonds. The maximum atomic E-state index is 11.1. The van der Waals surface area contributed by atoms with Gasteiger partial charge in [0.05, 0.1) is 13.0 Å². The Kier molecular flexibility index (Phi) is 4.59. The van der Waals surface area contributed by atoms with Crippen molar-refractivity contribution in [1.29, 1.82) is 0 Å². The van der Waals surface area contributed by atoms with Crippen molar-refractivity contribution in [3.05, 3.63) is 0 Å². The van der Waals surface area contributed by atoms with Gasteiger partial charge in [0.1, 0.15) is 5.78 Å². The zero-order chi connectivity index (χ0) is 10.4. The second-order valence-corrected chi connectivity index (χ2v) is 3.77. The van der Waals surface area contributed by atoms with E-state index in [1.165, 1.54) is 6.92 Å².